The van der Waals surface area contributed by atoms with Crippen LogP contribution in [0.3, 0.4) is 0 Å². The highest BCUT2D eigenvalue weighted by Gasteiger charge is 2.49. The summed E-state index contributed by atoms with van der Waals surface area (Å²) in [6.07, 6.45) is 0.891. The van der Waals surface area contributed by atoms with Gasteiger partial charge in [-0.2, -0.15) is 0 Å². The van der Waals surface area contributed by atoms with Crippen molar-refractivity contribution in [3.8, 4) is 0 Å². The van der Waals surface area contributed by atoms with Gasteiger partial charge >= 0.3 is 12.1 Å². The number of hydrogen-bond donors (Lipinski definition) is 3. The van der Waals surface area contributed by atoms with Crippen LogP contribution in [0.15, 0.2) is 0 Å². The molecule has 1 aliphatic rings. The maximum atomic E-state index is 12.3. The van der Waals surface area contributed by atoms with Crippen molar-refractivity contribution in [2.75, 3.05) is 13.1 Å². The third-order valence-corrected chi connectivity index (χ3v) is 3.68. The molecule has 1 saturated heterocycles. The van der Waals surface area contributed by atoms with Crippen molar-refractivity contribution in [3.63, 3.8) is 0 Å². The lowest BCUT2D eigenvalue weighted by molar-refractivity contribution is -0.134. The van der Waals surface area contributed by atoms with Crippen molar-refractivity contribution in [2.24, 2.45) is 5.92 Å². The van der Waals surface area contributed by atoms with Gasteiger partial charge < -0.3 is 10.6 Å². The lowest BCUT2D eigenvalue weighted by atomic mass is 9.93. The average Bonchev–Trinajstić information content (AvgIpc) is 2.69. The van der Waals surface area contributed by atoms with Crippen LogP contribution in [0, 0.1) is 5.92 Å². The van der Waals surface area contributed by atoms with E-state index >= 15 is 0 Å². The van der Waals surface area contributed by atoms with Gasteiger partial charge in [0.2, 0.25) is 5.91 Å². The number of carbonyl (C=O) groups is 4. The van der Waals surface area contributed by atoms with Crippen molar-refractivity contribution < 1.29 is 19.2 Å². The molecule has 6 amide bonds. The van der Waals surface area contributed by atoms with Gasteiger partial charge in [-0.15, -0.1) is 0 Å². The molecule has 0 atom stereocenters. The molecule has 0 aliphatic carbocycles. The Balaban J connectivity index is 2.59. The molecule has 22 heavy (non-hydrogen) atoms. The number of imide groups is 2. The standard InChI is InChI=1S/C14H24N4O4/c1-5-14(6-2)11(20)18(13(22)17-14)8-10(19)16-12(21)15-7-9(3)4/h9H,5-8H2,1-4H3,(H,17,22)(H2,15,16,19,21). The van der Waals surface area contributed by atoms with E-state index in [9.17, 15) is 19.2 Å². The molecule has 0 aromatic rings. The third kappa shape index (κ3) is 3.96. The van der Waals surface area contributed by atoms with Gasteiger partial charge in [0.25, 0.3) is 5.91 Å². The van der Waals surface area contributed by atoms with E-state index in [2.05, 4.69) is 16.0 Å². The van der Waals surface area contributed by atoms with Crippen LogP contribution >= 0.6 is 0 Å². The summed E-state index contributed by atoms with van der Waals surface area (Å²) in [6, 6.07) is -1.24. The minimum atomic E-state index is -0.947. The van der Waals surface area contributed by atoms with E-state index in [1.807, 2.05) is 13.8 Å². The predicted octanol–water partition coefficient (Wildman–Crippen LogP) is 0.579. The zero-order valence-electron chi connectivity index (χ0n) is 13.5. The monoisotopic (exact) mass is 312 g/mol. The summed E-state index contributed by atoms with van der Waals surface area (Å²) in [7, 11) is 0. The van der Waals surface area contributed by atoms with E-state index in [0.29, 0.717) is 19.4 Å². The molecular weight excluding hydrogens is 288 g/mol. The fourth-order valence-corrected chi connectivity index (χ4v) is 2.20. The van der Waals surface area contributed by atoms with Crippen LogP contribution in [0.1, 0.15) is 40.5 Å². The fraction of sp³-hybridized carbons (Fsp3) is 0.714. The summed E-state index contributed by atoms with van der Waals surface area (Å²) in [4.78, 5) is 48.3. The van der Waals surface area contributed by atoms with Gasteiger partial charge in [-0.1, -0.05) is 27.7 Å². The molecule has 0 radical (unpaired) electrons. The molecule has 0 aromatic carbocycles. The first-order valence-corrected chi connectivity index (χ1v) is 7.47. The number of nitrogens with one attached hydrogen (secondary N) is 3. The van der Waals surface area contributed by atoms with Gasteiger partial charge in [-0.05, 0) is 18.8 Å². The molecule has 1 fully saturated rings. The number of urea groups is 2. The van der Waals surface area contributed by atoms with E-state index in [1.54, 1.807) is 13.8 Å². The van der Waals surface area contributed by atoms with Gasteiger partial charge in [-0.25, -0.2) is 9.59 Å². The van der Waals surface area contributed by atoms with E-state index in [1.165, 1.54) is 0 Å². The summed E-state index contributed by atoms with van der Waals surface area (Å²) in [5.41, 5.74) is -0.947. The molecule has 1 rings (SSSR count). The van der Waals surface area contributed by atoms with Crippen LogP contribution in [0.25, 0.3) is 0 Å². The summed E-state index contributed by atoms with van der Waals surface area (Å²) < 4.78 is 0. The molecule has 8 nitrogen and oxygen atoms in total. The summed E-state index contributed by atoms with van der Waals surface area (Å²) in [6.45, 7) is 7.39. The highest BCUT2D eigenvalue weighted by molar-refractivity contribution is 6.09. The molecule has 1 heterocycles. The highest BCUT2D eigenvalue weighted by Crippen LogP contribution is 2.24. The number of rotatable bonds is 6. The molecule has 0 spiro atoms. The zero-order valence-corrected chi connectivity index (χ0v) is 13.5. The number of carbonyl (C=O) groups excluding carboxylic acids is 4. The van der Waals surface area contributed by atoms with Gasteiger partial charge in [0.05, 0.1) is 0 Å². The van der Waals surface area contributed by atoms with E-state index in [-0.39, 0.29) is 5.92 Å². The Morgan fingerprint density at radius 1 is 1.23 bits per heavy atom. The SMILES string of the molecule is CCC1(CC)NC(=O)N(CC(=O)NC(=O)NCC(C)C)C1=O. The fourth-order valence-electron chi connectivity index (χ4n) is 2.20. The van der Waals surface area contributed by atoms with E-state index in [0.717, 1.165) is 4.90 Å². The first-order valence-electron chi connectivity index (χ1n) is 7.47. The molecule has 0 bridgehead atoms. The van der Waals surface area contributed by atoms with Crippen LogP contribution in [0.4, 0.5) is 9.59 Å². The Morgan fingerprint density at radius 2 is 1.82 bits per heavy atom. The summed E-state index contributed by atoms with van der Waals surface area (Å²) in [5, 5.41) is 7.25. The van der Waals surface area contributed by atoms with Gasteiger partial charge in [0, 0.05) is 6.54 Å². The van der Waals surface area contributed by atoms with Crippen molar-refractivity contribution >= 4 is 23.9 Å². The Morgan fingerprint density at radius 3 is 2.27 bits per heavy atom. The maximum Gasteiger partial charge on any atom is 0.325 e. The van der Waals surface area contributed by atoms with Gasteiger partial charge in [0.1, 0.15) is 12.1 Å². The number of hydrogen-bond acceptors (Lipinski definition) is 4. The van der Waals surface area contributed by atoms with Crippen molar-refractivity contribution in [1.82, 2.24) is 20.9 Å². The van der Waals surface area contributed by atoms with E-state index in [4.69, 9.17) is 0 Å². The summed E-state index contributed by atoms with van der Waals surface area (Å²) in [5.74, 6) is -0.880. The summed E-state index contributed by atoms with van der Waals surface area (Å²) >= 11 is 0. The topological polar surface area (TPSA) is 108 Å². The predicted molar refractivity (Wildman–Crippen MR) is 79.9 cm³/mol. The quantitative estimate of drug-likeness (QED) is 0.623. The molecular formula is C14H24N4O4. The first kappa shape index (κ1) is 17.9. The van der Waals surface area contributed by atoms with Gasteiger partial charge in [0.15, 0.2) is 0 Å². The van der Waals surface area contributed by atoms with Crippen LogP contribution in [0.2, 0.25) is 0 Å². The molecule has 0 unspecified atom stereocenters. The largest absolute Gasteiger partial charge is 0.338 e. The van der Waals surface area contributed by atoms with Gasteiger partial charge in [-0.3, -0.25) is 19.8 Å². The minimum absolute atomic E-state index is 0.251. The molecule has 8 heteroatoms. The van der Waals surface area contributed by atoms with Crippen molar-refractivity contribution in [1.29, 1.82) is 0 Å². The minimum Gasteiger partial charge on any atom is -0.338 e. The molecule has 124 valence electrons. The normalized spacial score (nSPS) is 16.7. The second-order valence-electron chi connectivity index (χ2n) is 5.76. The zero-order chi connectivity index (χ0) is 16.9. The maximum absolute atomic E-state index is 12.3. The Labute approximate surface area is 130 Å². The molecule has 3 N–H and O–H groups in total. The average molecular weight is 312 g/mol. The van der Waals surface area contributed by atoms with Crippen LogP contribution in [0.5, 0.6) is 0 Å². The highest BCUT2D eigenvalue weighted by atomic mass is 16.2. The van der Waals surface area contributed by atoms with Crippen LogP contribution in [-0.4, -0.2) is 47.4 Å². The smallest absolute Gasteiger partial charge is 0.325 e. The Bertz CT molecular complexity index is 471. The Kier molecular flexibility index (Phi) is 5.90. The first-order chi connectivity index (χ1) is 10.3. The second kappa shape index (κ2) is 7.24. The molecule has 1 aliphatic heterocycles. The van der Waals surface area contributed by atoms with Crippen molar-refractivity contribution in [3.05, 3.63) is 0 Å². The van der Waals surface area contributed by atoms with Crippen molar-refractivity contribution in [2.45, 2.75) is 46.1 Å². The lowest BCUT2D eigenvalue weighted by Crippen LogP contribution is -2.48. The van der Waals surface area contributed by atoms with Crippen LogP contribution < -0.4 is 16.0 Å². The molecule has 0 saturated carbocycles. The lowest BCUT2D eigenvalue weighted by Gasteiger charge is -2.22. The second-order valence-corrected chi connectivity index (χ2v) is 5.76. The number of nitrogens with zero attached hydrogens (tertiary/aromatic N) is 1. The van der Waals surface area contributed by atoms with E-state index < -0.39 is 36.0 Å². The molecule has 0 aromatic heterocycles. The van der Waals surface area contributed by atoms with Crippen LogP contribution in [-0.2, 0) is 9.59 Å². The third-order valence-electron chi connectivity index (χ3n) is 3.68. The number of amides is 6. The Hall–Kier alpha value is -2.12.